The van der Waals surface area contributed by atoms with Crippen molar-refractivity contribution >= 4 is 28.0 Å². The van der Waals surface area contributed by atoms with Gasteiger partial charge in [0.25, 0.3) is 10.1 Å². The van der Waals surface area contributed by atoms with Crippen LogP contribution in [-0.4, -0.2) is 43.8 Å². The Hall–Kier alpha value is -4.09. The highest BCUT2D eigenvalue weighted by Crippen LogP contribution is 2.33. The fourth-order valence-electron chi connectivity index (χ4n) is 2.99. The van der Waals surface area contributed by atoms with Crippen LogP contribution in [0.1, 0.15) is 11.1 Å². The number of aromatic nitrogens is 6. The van der Waals surface area contributed by atoms with Gasteiger partial charge in [-0.15, -0.1) is 20.4 Å². The van der Waals surface area contributed by atoms with Crippen LogP contribution in [0.2, 0.25) is 0 Å². The topological polar surface area (TPSA) is 158 Å². The Morgan fingerprint density at radius 3 is 2.03 bits per heavy atom. The Morgan fingerprint density at radius 1 is 0.806 bits per heavy atom. The maximum atomic E-state index is 12.0. The Bertz CT molecular complexity index is 1350. The molecule has 0 aliphatic rings. The molecule has 0 aliphatic carbocycles. The normalized spacial score (nSPS) is 11.6. The molecule has 0 fully saturated rings. The highest BCUT2D eigenvalue weighted by atomic mass is 32.2. The zero-order chi connectivity index (χ0) is 21.8. The zero-order valence-corrected chi connectivity index (χ0v) is 16.7. The van der Waals surface area contributed by atoms with E-state index in [1.54, 1.807) is 30.5 Å². The van der Waals surface area contributed by atoms with Crippen molar-refractivity contribution < 1.29 is 13.0 Å². The summed E-state index contributed by atoms with van der Waals surface area (Å²) < 4.78 is 33.9. The third-order valence-electron chi connectivity index (χ3n) is 4.43. The molecule has 0 spiro atoms. The number of anilines is 1. The standard InChI is InChI=1S/C20H15N7O3S/c21-19-16(18-10-12-23-27-25-18)8-7-15(20(19)31(28,29)30)6-3-13-1-4-14(5-2-13)17-9-11-22-26-24-17/h1-12H,21H2,(H,28,29,30). The largest absolute Gasteiger partial charge is 0.397 e. The van der Waals surface area contributed by atoms with Crippen molar-refractivity contribution in [2.24, 2.45) is 0 Å². The molecule has 0 amide bonds. The number of benzene rings is 2. The first-order valence-electron chi connectivity index (χ1n) is 8.91. The second-order valence-electron chi connectivity index (χ2n) is 6.39. The summed E-state index contributed by atoms with van der Waals surface area (Å²) in [5.41, 5.74) is 9.18. The van der Waals surface area contributed by atoms with Crippen LogP contribution in [-0.2, 0) is 10.1 Å². The van der Waals surface area contributed by atoms with Gasteiger partial charge in [-0.1, -0.05) is 42.5 Å². The molecule has 0 saturated heterocycles. The van der Waals surface area contributed by atoms with Gasteiger partial charge < -0.3 is 5.73 Å². The van der Waals surface area contributed by atoms with Gasteiger partial charge in [0.05, 0.1) is 29.5 Å². The number of nitrogens with zero attached hydrogens (tertiary/aromatic N) is 6. The Kier molecular flexibility index (Phi) is 5.43. The van der Waals surface area contributed by atoms with Crippen molar-refractivity contribution in [1.29, 1.82) is 0 Å². The molecule has 2 aromatic heterocycles. The minimum Gasteiger partial charge on any atom is -0.397 e. The van der Waals surface area contributed by atoms with Crippen molar-refractivity contribution in [3.05, 3.63) is 72.1 Å². The van der Waals surface area contributed by atoms with Crippen molar-refractivity contribution in [3.8, 4) is 22.5 Å². The number of hydrogen-bond donors (Lipinski definition) is 2. The minimum atomic E-state index is -4.60. The van der Waals surface area contributed by atoms with Crippen molar-refractivity contribution in [3.63, 3.8) is 0 Å². The second kappa shape index (κ2) is 8.34. The van der Waals surface area contributed by atoms with E-state index in [2.05, 4.69) is 30.8 Å². The van der Waals surface area contributed by atoms with Gasteiger partial charge in [-0.25, -0.2) is 0 Å². The quantitative estimate of drug-likeness (QED) is 0.272. The molecule has 11 heteroatoms. The molecule has 10 nitrogen and oxygen atoms in total. The van der Waals surface area contributed by atoms with Crippen LogP contribution < -0.4 is 5.73 Å². The highest BCUT2D eigenvalue weighted by molar-refractivity contribution is 7.86. The first-order chi connectivity index (χ1) is 14.9. The molecule has 2 heterocycles. The highest BCUT2D eigenvalue weighted by Gasteiger charge is 2.21. The summed E-state index contributed by atoms with van der Waals surface area (Å²) in [6.45, 7) is 0. The van der Waals surface area contributed by atoms with Gasteiger partial charge in [-0.05, 0) is 39.8 Å². The summed E-state index contributed by atoms with van der Waals surface area (Å²) >= 11 is 0. The van der Waals surface area contributed by atoms with Crippen LogP contribution in [0.25, 0.3) is 34.7 Å². The molecule has 0 atom stereocenters. The predicted molar refractivity (Wildman–Crippen MR) is 114 cm³/mol. The van der Waals surface area contributed by atoms with E-state index in [-0.39, 0.29) is 11.3 Å². The molecular formula is C20H15N7O3S. The SMILES string of the molecule is Nc1c(-c2ccnnn2)ccc(C=Cc2ccc(-c3ccnnn3)cc2)c1S(=O)(=O)O. The molecule has 3 N–H and O–H groups in total. The molecule has 0 unspecified atom stereocenters. The Morgan fingerprint density at radius 2 is 1.45 bits per heavy atom. The number of nitrogens with two attached hydrogens (primary N) is 1. The smallest absolute Gasteiger partial charge is 0.297 e. The van der Waals surface area contributed by atoms with E-state index in [1.807, 2.05) is 24.3 Å². The van der Waals surface area contributed by atoms with Gasteiger partial charge in [0, 0.05) is 11.1 Å². The lowest BCUT2D eigenvalue weighted by atomic mass is 10.0. The van der Waals surface area contributed by atoms with Gasteiger partial charge in [0.2, 0.25) is 0 Å². The number of hydrogen-bond acceptors (Lipinski definition) is 9. The molecule has 0 saturated carbocycles. The summed E-state index contributed by atoms with van der Waals surface area (Å²) in [4.78, 5) is -0.399. The van der Waals surface area contributed by atoms with E-state index >= 15 is 0 Å². The first kappa shape index (κ1) is 20.2. The van der Waals surface area contributed by atoms with Gasteiger partial charge in [-0.2, -0.15) is 8.42 Å². The summed E-state index contributed by atoms with van der Waals surface area (Å²) in [6.07, 6.45) is 6.22. The van der Waals surface area contributed by atoms with Crippen LogP contribution in [0.15, 0.2) is 65.8 Å². The second-order valence-corrected chi connectivity index (χ2v) is 7.75. The van der Waals surface area contributed by atoms with E-state index in [4.69, 9.17) is 5.73 Å². The summed E-state index contributed by atoms with van der Waals surface area (Å²) in [5.74, 6) is 0. The van der Waals surface area contributed by atoms with Crippen LogP contribution in [0.5, 0.6) is 0 Å². The van der Waals surface area contributed by atoms with Gasteiger partial charge in [0.1, 0.15) is 4.90 Å². The van der Waals surface area contributed by atoms with E-state index < -0.39 is 15.0 Å². The van der Waals surface area contributed by atoms with Crippen LogP contribution in [0, 0.1) is 0 Å². The molecule has 0 aliphatic heterocycles. The number of rotatable bonds is 5. The molecule has 154 valence electrons. The third kappa shape index (κ3) is 4.42. The average Bonchev–Trinajstić information content (AvgIpc) is 2.78. The molecule has 31 heavy (non-hydrogen) atoms. The Balaban J connectivity index is 1.70. The predicted octanol–water partition coefficient (Wildman–Crippen LogP) is 2.39. The molecule has 4 aromatic rings. The minimum absolute atomic E-state index is 0.128. The maximum absolute atomic E-state index is 12.0. The van der Waals surface area contributed by atoms with E-state index in [1.165, 1.54) is 18.3 Å². The summed E-state index contributed by atoms with van der Waals surface area (Å²) in [6, 6.07) is 13.8. The number of nitrogen functional groups attached to an aromatic ring is 1. The van der Waals surface area contributed by atoms with E-state index in [0.29, 0.717) is 17.0 Å². The van der Waals surface area contributed by atoms with Gasteiger partial charge in [-0.3, -0.25) is 4.55 Å². The lowest BCUT2D eigenvalue weighted by Crippen LogP contribution is -2.07. The summed E-state index contributed by atoms with van der Waals surface area (Å²) in [5, 5.41) is 22.2. The van der Waals surface area contributed by atoms with Crippen LogP contribution in [0.4, 0.5) is 5.69 Å². The lowest BCUT2D eigenvalue weighted by molar-refractivity contribution is 0.483. The van der Waals surface area contributed by atoms with Crippen LogP contribution >= 0.6 is 0 Å². The van der Waals surface area contributed by atoms with Crippen molar-refractivity contribution in [1.82, 2.24) is 30.8 Å². The molecular weight excluding hydrogens is 418 g/mol. The molecule has 0 radical (unpaired) electrons. The molecule has 2 aromatic carbocycles. The fourth-order valence-corrected chi connectivity index (χ4v) is 3.81. The molecule has 0 bridgehead atoms. The van der Waals surface area contributed by atoms with E-state index in [0.717, 1.165) is 11.1 Å². The van der Waals surface area contributed by atoms with E-state index in [9.17, 15) is 13.0 Å². The van der Waals surface area contributed by atoms with Crippen LogP contribution in [0.3, 0.4) is 0 Å². The monoisotopic (exact) mass is 433 g/mol. The van der Waals surface area contributed by atoms with Crippen molar-refractivity contribution in [2.75, 3.05) is 5.73 Å². The van der Waals surface area contributed by atoms with Crippen molar-refractivity contribution in [2.45, 2.75) is 4.90 Å². The molecule has 4 rings (SSSR count). The Labute approximate surface area is 177 Å². The van der Waals surface area contributed by atoms with Gasteiger partial charge in [0.15, 0.2) is 0 Å². The zero-order valence-electron chi connectivity index (χ0n) is 15.9. The van der Waals surface area contributed by atoms with Gasteiger partial charge >= 0.3 is 0 Å². The fraction of sp³-hybridized carbons (Fsp3) is 0. The first-order valence-corrected chi connectivity index (χ1v) is 10.3. The average molecular weight is 433 g/mol. The lowest BCUT2D eigenvalue weighted by Gasteiger charge is -2.11. The maximum Gasteiger partial charge on any atom is 0.297 e. The summed E-state index contributed by atoms with van der Waals surface area (Å²) in [7, 11) is -4.60. The third-order valence-corrected chi connectivity index (χ3v) is 5.40.